The Hall–Kier alpha value is -1.50. The highest BCUT2D eigenvalue weighted by Gasteiger charge is 2.32. The van der Waals surface area contributed by atoms with E-state index in [2.05, 4.69) is 0 Å². The van der Waals surface area contributed by atoms with Crippen LogP contribution in [-0.4, -0.2) is 56.6 Å². The van der Waals surface area contributed by atoms with Crippen molar-refractivity contribution in [3.8, 4) is 11.5 Å². The van der Waals surface area contributed by atoms with Gasteiger partial charge >= 0.3 is 0 Å². The number of rotatable bonds is 2. The van der Waals surface area contributed by atoms with Gasteiger partial charge in [0.25, 0.3) is 5.91 Å². The molecule has 2 saturated heterocycles. The number of benzene rings is 1. The summed E-state index contributed by atoms with van der Waals surface area (Å²) < 4.78 is 22.2. The van der Waals surface area contributed by atoms with Crippen molar-refractivity contribution < 1.29 is 23.7 Å². The summed E-state index contributed by atoms with van der Waals surface area (Å²) in [5.41, 5.74) is 0.538. The number of amides is 1. The smallest absolute Gasteiger partial charge is 0.254 e. The number of hydrogen-bond acceptors (Lipinski definition) is 5. The standard InChI is InChI=1S/C17H20ClNO5/c18-13-9-12(10-14-15(13)22-6-5-21-14)16(20)19-3-1-11(2-4-19)17-23-7-8-24-17/h9-11,17H,1-8H2. The number of nitrogens with zero attached hydrogens (tertiary/aromatic N) is 1. The van der Waals surface area contributed by atoms with E-state index < -0.39 is 0 Å². The van der Waals surface area contributed by atoms with Crippen LogP contribution in [0.2, 0.25) is 5.02 Å². The first kappa shape index (κ1) is 16.0. The third kappa shape index (κ3) is 3.06. The van der Waals surface area contributed by atoms with Gasteiger partial charge in [0.15, 0.2) is 17.8 Å². The zero-order chi connectivity index (χ0) is 16.5. The van der Waals surface area contributed by atoms with Gasteiger partial charge in [-0.05, 0) is 25.0 Å². The first-order valence-corrected chi connectivity index (χ1v) is 8.72. The predicted molar refractivity (Wildman–Crippen MR) is 86.8 cm³/mol. The highest BCUT2D eigenvalue weighted by molar-refractivity contribution is 6.32. The molecule has 3 heterocycles. The molecule has 0 aromatic heterocycles. The van der Waals surface area contributed by atoms with Gasteiger partial charge in [-0.1, -0.05) is 11.6 Å². The van der Waals surface area contributed by atoms with Crippen LogP contribution >= 0.6 is 11.6 Å². The van der Waals surface area contributed by atoms with Gasteiger partial charge in [0, 0.05) is 24.6 Å². The summed E-state index contributed by atoms with van der Waals surface area (Å²) in [6, 6.07) is 3.38. The molecule has 4 rings (SSSR count). The van der Waals surface area contributed by atoms with E-state index in [9.17, 15) is 4.79 Å². The molecule has 3 aliphatic rings. The summed E-state index contributed by atoms with van der Waals surface area (Å²) >= 11 is 6.23. The lowest BCUT2D eigenvalue weighted by Gasteiger charge is -2.34. The maximum atomic E-state index is 12.8. The molecule has 1 amide bonds. The summed E-state index contributed by atoms with van der Waals surface area (Å²) in [7, 11) is 0. The van der Waals surface area contributed by atoms with E-state index in [-0.39, 0.29) is 12.2 Å². The van der Waals surface area contributed by atoms with Crippen molar-refractivity contribution in [1.82, 2.24) is 4.90 Å². The molecule has 3 aliphatic heterocycles. The molecular formula is C17H20ClNO5. The molecule has 0 aliphatic carbocycles. The fourth-order valence-electron chi connectivity index (χ4n) is 3.44. The number of likely N-dealkylation sites (tertiary alicyclic amines) is 1. The predicted octanol–water partition coefficient (Wildman–Crippen LogP) is 2.34. The van der Waals surface area contributed by atoms with Crippen molar-refractivity contribution in [2.45, 2.75) is 19.1 Å². The van der Waals surface area contributed by atoms with E-state index in [1.54, 1.807) is 12.1 Å². The van der Waals surface area contributed by atoms with Crippen LogP contribution in [0.5, 0.6) is 11.5 Å². The molecule has 0 unspecified atom stereocenters. The number of fused-ring (bicyclic) bond motifs is 1. The second-order valence-electron chi connectivity index (χ2n) is 6.22. The van der Waals surface area contributed by atoms with Crippen molar-refractivity contribution in [3.63, 3.8) is 0 Å². The van der Waals surface area contributed by atoms with Gasteiger partial charge in [-0.3, -0.25) is 4.79 Å². The molecule has 130 valence electrons. The second-order valence-corrected chi connectivity index (χ2v) is 6.63. The zero-order valence-electron chi connectivity index (χ0n) is 13.3. The van der Waals surface area contributed by atoms with Crippen molar-refractivity contribution in [3.05, 3.63) is 22.7 Å². The average Bonchev–Trinajstić information content (AvgIpc) is 3.16. The van der Waals surface area contributed by atoms with Gasteiger partial charge < -0.3 is 23.8 Å². The van der Waals surface area contributed by atoms with Gasteiger partial charge in [-0.25, -0.2) is 0 Å². The molecule has 24 heavy (non-hydrogen) atoms. The molecular weight excluding hydrogens is 334 g/mol. The molecule has 0 spiro atoms. The topological polar surface area (TPSA) is 57.2 Å². The molecule has 1 aromatic carbocycles. The summed E-state index contributed by atoms with van der Waals surface area (Å²) in [4.78, 5) is 14.6. The summed E-state index contributed by atoms with van der Waals surface area (Å²) in [5.74, 6) is 1.40. The number of hydrogen-bond donors (Lipinski definition) is 0. The maximum absolute atomic E-state index is 12.8. The number of halogens is 1. The Morgan fingerprint density at radius 2 is 1.75 bits per heavy atom. The maximum Gasteiger partial charge on any atom is 0.254 e. The monoisotopic (exact) mass is 353 g/mol. The Morgan fingerprint density at radius 3 is 2.50 bits per heavy atom. The minimum Gasteiger partial charge on any atom is -0.486 e. The van der Waals surface area contributed by atoms with E-state index in [0.717, 1.165) is 12.8 Å². The lowest BCUT2D eigenvalue weighted by molar-refractivity contribution is -0.0956. The normalized spacial score (nSPS) is 22.0. The van der Waals surface area contributed by atoms with Crippen LogP contribution in [0.3, 0.4) is 0 Å². The summed E-state index contributed by atoms with van der Waals surface area (Å²) in [5, 5.41) is 0.415. The van der Waals surface area contributed by atoms with Gasteiger partial charge in [0.05, 0.1) is 18.2 Å². The van der Waals surface area contributed by atoms with Gasteiger partial charge in [0.2, 0.25) is 0 Å². The SMILES string of the molecule is O=C(c1cc(Cl)c2c(c1)OCCO2)N1CCC(C2OCCO2)CC1. The lowest BCUT2D eigenvalue weighted by atomic mass is 9.95. The lowest BCUT2D eigenvalue weighted by Crippen LogP contribution is -2.41. The van der Waals surface area contributed by atoms with Crippen LogP contribution in [0.1, 0.15) is 23.2 Å². The Morgan fingerprint density at radius 1 is 1.04 bits per heavy atom. The minimum atomic E-state index is -0.106. The Bertz CT molecular complexity index is 624. The fraction of sp³-hybridized carbons (Fsp3) is 0.588. The highest BCUT2D eigenvalue weighted by atomic mass is 35.5. The molecule has 7 heteroatoms. The van der Waals surface area contributed by atoms with E-state index >= 15 is 0 Å². The third-order valence-corrected chi connectivity index (χ3v) is 4.98. The van der Waals surface area contributed by atoms with Crippen molar-refractivity contribution in [2.24, 2.45) is 5.92 Å². The average molecular weight is 354 g/mol. The number of piperidine rings is 1. The number of ether oxygens (including phenoxy) is 4. The quantitative estimate of drug-likeness (QED) is 0.816. The molecule has 2 fully saturated rings. The number of carbonyl (C=O) groups excluding carboxylic acids is 1. The second kappa shape index (κ2) is 6.78. The van der Waals surface area contributed by atoms with E-state index in [1.165, 1.54) is 0 Å². The minimum absolute atomic E-state index is 0.0272. The van der Waals surface area contributed by atoms with Crippen LogP contribution in [0.15, 0.2) is 12.1 Å². The van der Waals surface area contributed by atoms with Crippen LogP contribution in [0.4, 0.5) is 0 Å². The third-order valence-electron chi connectivity index (χ3n) is 4.70. The van der Waals surface area contributed by atoms with Crippen LogP contribution in [-0.2, 0) is 9.47 Å². The van der Waals surface area contributed by atoms with Crippen LogP contribution in [0, 0.1) is 5.92 Å². The van der Waals surface area contributed by atoms with E-state index in [1.807, 2.05) is 4.90 Å². The van der Waals surface area contributed by atoms with Crippen LogP contribution in [0.25, 0.3) is 0 Å². The largest absolute Gasteiger partial charge is 0.486 e. The molecule has 0 N–H and O–H groups in total. The van der Waals surface area contributed by atoms with Crippen molar-refractivity contribution in [2.75, 3.05) is 39.5 Å². The molecule has 1 aromatic rings. The summed E-state index contributed by atoms with van der Waals surface area (Å²) in [6.07, 6.45) is 1.66. The van der Waals surface area contributed by atoms with Crippen molar-refractivity contribution in [1.29, 1.82) is 0 Å². The Labute approximate surface area is 145 Å². The van der Waals surface area contributed by atoms with Gasteiger partial charge in [0.1, 0.15) is 13.2 Å². The fourth-order valence-corrected chi connectivity index (χ4v) is 3.71. The molecule has 6 nitrogen and oxygen atoms in total. The number of carbonyl (C=O) groups is 1. The first-order chi connectivity index (χ1) is 11.7. The molecule has 0 saturated carbocycles. The zero-order valence-corrected chi connectivity index (χ0v) is 14.1. The van der Waals surface area contributed by atoms with Gasteiger partial charge in [-0.15, -0.1) is 0 Å². The van der Waals surface area contributed by atoms with Gasteiger partial charge in [-0.2, -0.15) is 0 Å². The summed E-state index contributed by atoms with van der Waals surface area (Å²) in [6.45, 7) is 3.66. The molecule has 0 bridgehead atoms. The van der Waals surface area contributed by atoms with E-state index in [4.69, 9.17) is 30.5 Å². The Kier molecular flexibility index (Phi) is 4.52. The Balaban J connectivity index is 1.44. The van der Waals surface area contributed by atoms with Crippen molar-refractivity contribution >= 4 is 17.5 Å². The molecule has 0 radical (unpaired) electrons. The first-order valence-electron chi connectivity index (χ1n) is 8.34. The molecule has 0 atom stereocenters. The van der Waals surface area contributed by atoms with Crippen LogP contribution < -0.4 is 9.47 Å². The highest BCUT2D eigenvalue weighted by Crippen LogP contribution is 2.39. The van der Waals surface area contributed by atoms with E-state index in [0.29, 0.717) is 67.5 Å².